The second-order valence-corrected chi connectivity index (χ2v) is 6.33. The van der Waals surface area contributed by atoms with Crippen molar-refractivity contribution >= 4 is 22.2 Å². The van der Waals surface area contributed by atoms with Gasteiger partial charge in [-0.2, -0.15) is 13.2 Å². The summed E-state index contributed by atoms with van der Waals surface area (Å²) >= 11 is 0.872. The zero-order valence-corrected chi connectivity index (χ0v) is 14.7. The normalized spacial score (nSPS) is 11.4. The molecule has 136 valence electrons. The Morgan fingerprint density at radius 1 is 1.15 bits per heavy atom. The van der Waals surface area contributed by atoms with Gasteiger partial charge in [0.05, 0.1) is 0 Å². The molecule has 0 fully saturated rings. The first-order valence-electron chi connectivity index (χ1n) is 7.98. The van der Waals surface area contributed by atoms with Gasteiger partial charge in [-0.05, 0) is 30.2 Å². The fourth-order valence-electron chi connectivity index (χ4n) is 2.33. The van der Waals surface area contributed by atoms with Crippen LogP contribution in [0.5, 0.6) is 11.6 Å². The molecule has 0 saturated heterocycles. The molecule has 4 nitrogen and oxygen atoms in total. The molecule has 26 heavy (non-hydrogen) atoms. The van der Waals surface area contributed by atoms with Crippen molar-refractivity contribution in [2.45, 2.75) is 25.9 Å². The summed E-state index contributed by atoms with van der Waals surface area (Å²) in [5, 5.41) is 3.95. The number of aromatic nitrogens is 2. The van der Waals surface area contributed by atoms with Crippen LogP contribution in [0.3, 0.4) is 0 Å². The molecule has 8 heteroatoms. The quantitative estimate of drug-likeness (QED) is 0.567. The molecule has 0 radical (unpaired) electrons. The molecule has 0 unspecified atom stereocenters. The Morgan fingerprint density at radius 2 is 1.96 bits per heavy atom. The highest BCUT2D eigenvalue weighted by Gasteiger charge is 2.33. The summed E-state index contributed by atoms with van der Waals surface area (Å²) in [6.45, 7) is 2.07. The van der Waals surface area contributed by atoms with Gasteiger partial charge in [-0.15, -0.1) is 11.3 Å². The Labute approximate surface area is 152 Å². The van der Waals surface area contributed by atoms with Crippen molar-refractivity contribution in [3.8, 4) is 11.6 Å². The van der Waals surface area contributed by atoms with Crippen LogP contribution in [0.15, 0.2) is 48.0 Å². The molecule has 2 heterocycles. The third-order valence-electron chi connectivity index (χ3n) is 3.51. The summed E-state index contributed by atoms with van der Waals surface area (Å²) in [5.41, 5.74) is 0.562. The highest BCUT2D eigenvalue weighted by Crippen LogP contribution is 2.35. The van der Waals surface area contributed by atoms with Crippen molar-refractivity contribution in [2.75, 3.05) is 5.32 Å². The summed E-state index contributed by atoms with van der Waals surface area (Å²) in [4.78, 5) is 7.77. The lowest BCUT2D eigenvalue weighted by atomic mass is 10.1. The Balaban J connectivity index is 1.84. The molecule has 0 aliphatic rings. The van der Waals surface area contributed by atoms with E-state index in [1.807, 2.05) is 24.3 Å². The second-order valence-electron chi connectivity index (χ2n) is 5.48. The van der Waals surface area contributed by atoms with Crippen molar-refractivity contribution in [3.63, 3.8) is 0 Å². The summed E-state index contributed by atoms with van der Waals surface area (Å²) in [7, 11) is 0. The Kier molecular flexibility index (Phi) is 5.41. The predicted molar refractivity (Wildman–Crippen MR) is 95.1 cm³/mol. The van der Waals surface area contributed by atoms with E-state index in [0.717, 1.165) is 35.1 Å². The molecule has 0 saturated carbocycles. The van der Waals surface area contributed by atoms with Crippen LogP contribution < -0.4 is 10.1 Å². The molecule has 3 rings (SSSR count). The fraction of sp³-hybridized carbons (Fsp3) is 0.222. The minimum Gasteiger partial charge on any atom is -0.437 e. The third-order valence-corrected chi connectivity index (χ3v) is 4.26. The maximum Gasteiger partial charge on any atom is 0.434 e. The van der Waals surface area contributed by atoms with E-state index in [1.54, 1.807) is 18.3 Å². The van der Waals surface area contributed by atoms with Crippen LogP contribution in [0.1, 0.15) is 24.6 Å². The number of rotatable bonds is 6. The number of nitrogens with one attached hydrogen (secondary N) is 1. The molecule has 0 amide bonds. The van der Waals surface area contributed by atoms with Gasteiger partial charge in [0.2, 0.25) is 5.88 Å². The standard InChI is InChI=1S/C18H16F3N3OS/c1-2-6-12-7-3-4-9-14(12)25-16-13(8-5-10-22-16)23-17-24-15(11-26-17)18(19,20)21/h3-5,7-11H,2,6H2,1H3,(H,23,24). The van der Waals surface area contributed by atoms with E-state index in [4.69, 9.17) is 4.74 Å². The number of hydrogen-bond acceptors (Lipinski definition) is 5. The van der Waals surface area contributed by atoms with Gasteiger partial charge in [-0.1, -0.05) is 31.5 Å². The molecule has 1 N–H and O–H groups in total. The zero-order chi connectivity index (χ0) is 18.6. The molecule has 0 bridgehead atoms. The molecule has 2 aromatic heterocycles. The highest BCUT2D eigenvalue weighted by atomic mass is 32.1. The van der Waals surface area contributed by atoms with E-state index >= 15 is 0 Å². The van der Waals surface area contributed by atoms with E-state index in [2.05, 4.69) is 22.2 Å². The molecular formula is C18H16F3N3OS. The number of anilines is 2. The number of halogens is 3. The van der Waals surface area contributed by atoms with Crippen LogP contribution in [0.4, 0.5) is 24.0 Å². The van der Waals surface area contributed by atoms with Crippen LogP contribution in [-0.2, 0) is 12.6 Å². The minimum atomic E-state index is -4.47. The lowest BCUT2D eigenvalue weighted by Crippen LogP contribution is -2.05. The monoisotopic (exact) mass is 379 g/mol. The number of pyridine rings is 1. The van der Waals surface area contributed by atoms with Crippen molar-refractivity contribution in [1.29, 1.82) is 0 Å². The van der Waals surface area contributed by atoms with E-state index in [1.165, 1.54) is 0 Å². The second kappa shape index (κ2) is 7.74. The topological polar surface area (TPSA) is 47.0 Å². The number of aryl methyl sites for hydroxylation is 1. The first-order valence-corrected chi connectivity index (χ1v) is 8.86. The number of hydrogen-bond donors (Lipinski definition) is 1. The average molecular weight is 379 g/mol. The first-order chi connectivity index (χ1) is 12.5. The number of para-hydroxylation sites is 1. The van der Waals surface area contributed by atoms with Gasteiger partial charge >= 0.3 is 6.18 Å². The van der Waals surface area contributed by atoms with E-state index in [9.17, 15) is 13.2 Å². The van der Waals surface area contributed by atoms with Gasteiger partial charge in [-0.25, -0.2) is 9.97 Å². The molecule has 3 aromatic rings. The zero-order valence-electron chi connectivity index (χ0n) is 13.9. The smallest absolute Gasteiger partial charge is 0.434 e. The molecule has 0 spiro atoms. The van der Waals surface area contributed by atoms with Crippen molar-refractivity contribution in [2.24, 2.45) is 0 Å². The molecule has 0 aliphatic carbocycles. The van der Waals surface area contributed by atoms with E-state index in [0.29, 0.717) is 11.4 Å². The van der Waals surface area contributed by atoms with Crippen LogP contribution >= 0.6 is 11.3 Å². The first kappa shape index (κ1) is 18.2. The SMILES string of the molecule is CCCc1ccccc1Oc1ncccc1Nc1nc(C(F)(F)F)cs1. The Hall–Kier alpha value is -2.61. The third kappa shape index (κ3) is 4.32. The number of alkyl halides is 3. The van der Waals surface area contributed by atoms with E-state index in [-0.39, 0.29) is 11.0 Å². The maximum atomic E-state index is 12.7. The molecule has 1 aromatic carbocycles. The predicted octanol–water partition coefficient (Wildman–Crippen LogP) is 6.05. The Bertz CT molecular complexity index is 880. The largest absolute Gasteiger partial charge is 0.437 e. The van der Waals surface area contributed by atoms with Crippen LogP contribution in [0, 0.1) is 0 Å². The average Bonchev–Trinajstić information content (AvgIpc) is 3.07. The number of thiazole rings is 1. The van der Waals surface area contributed by atoms with Gasteiger partial charge in [0.25, 0.3) is 0 Å². The summed E-state index contributed by atoms with van der Waals surface area (Å²) in [5.74, 6) is 0.950. The molecule has 0 aliphatic heterocycles. The highest BCUT2D eigenvalue weighted by molar-refractivity contribution is 7.13. The summed E-state index contributed by atoms with van der Waals surface area (Å²) < 4.78 is 44.0. The van der Waals surface area contributed by atoms with Gasteiger partial charge in [0, 0.05) is 11.6 Å². The van der Waals surface area contributed by atoms with Gasteiger partial charge in [0.15, 0.2) is 10.8 Å². The Morgan fingerprint density at radius 3 is 2.69 bits per heavy atom. The fourth-order valence-corrected chi connectivity index (χ4v) is 3.06. The summed E-state index contributed by atoms with van der Waals surface area (Å²) in [6, 6.07) is 11.0. The molecular weight excluding hydrogens is 363 g/mol. The van der Waals surface area contributed by atoms with Crippen molar-refractivity contribution < 1.29 is 17.9 Å². The van der Waals surface area contributed by atoms with E-state index < -0.39 is 11.9 Å². The van der Waals surface area contributed by atoms with Crippen LogP contribution in [-0.4, -0.2) is 9.97 Å². The van der Waals surface area contributed by atoms with Crippen LogP contribution in [0.25, 0.3) is 0 Å². The van der Waals surface area contributed by atoms with Crippen molar-refractivity contribution in [1.82, 2.24) is 9.97 Å². The van der Waals surface area contributed by atoms with Crippen LogP contribution in [0.2, 0.25) is 0 Å². The maximum absolute atomic E-state index is 12.7. The lowest BCUT2D eigenvalue weighted by molar-refractivity contribution is -0.140. The minimum absolute atomic E-state index is 0.122. The van der Waals surface area contributed by atoms with Gasteiger partial charge < -0.3 is 10.1 Å². The number of benzene rings is 1. The lowest BCUT2D eigenvalue weighted by Gasteiger charge is -2.13. The molecule has 0 atom stereocenters. The number of ether oxygens (including phenoxy) is 1. The number of nitrogens with zero attached hydrogens (tertiary/aromatic N) is 2. The van der Waals surface area contributed by atoms with Gasteiger partial charge in [-0.3, -0.25) is 0 Å². The van der Waals surface area contributed by atoms with Crippen molar-refractivity contribution in [3.05, 3.63) is 59.2 Å². The van der Waals surface area contributed by atoms with Gasteiger partial charge in [0.1, 0.15) is 11.4 Å². The summed E-state index contributed by atoms with van der Waals surface area (Å²) in [6.07, 6.45) is -1.09.